The molecule has 0 spiro atoms. The van der Waals surface area contributed by atoms with E-state index in [-0.39, 0.29) is 37.4 Å². The fraction of sp³-hybridized carbons (Fsp3) is 0.375. The van der Waals surface area contributed by atoms with Crippen LogP contribution in [0.2, 0.25) is 0 Å². The molecule has 1 fully saturated rings. The Bertz CT molecular complexity index is 650. The van der Waals surface area contributed by atoms with Crippen LogP contribution in [0.3, 0.4) is 0 Å². The minimum absolute atomic E-state index is 0.00599. The van der Waals surface area contributed by atoms with Crippen molar-refractivity contribution in [3.63, 3.8) is 0 Å². The molecule has 23 heavy (non-hydrogen) atoms. The van der Waals surface area contributed by atoms with Crippen LogP contribution in [0.5, 0.6) is 0 Å². The van der Waals surface area contributed by atoms with E-state index in [9.17, 15) is 19.2 Å². The van der Waals surface area contributed by atoms with Crippen LogP contribution in [0.25, 0.3) is 0 Å². The molecule has 120 valence electrons. The second-order valence-electron chi connectivity index (χ2n) is 5.45. The molecular weight excluding hydrogens is 300 g/mol. The maximum Gasteiger partial charge on any atom is 0.325 e. The fourth-order valence-corrected chi connectivity index (χ4v) is 2.77. The summed E-state index contributed by atoms with van der Waals surface area (Å²) in [6.45, 7) is 0.408. The van der Waals surface area contributed by atoms with Gasteiger partial charge in [0.2, 0.25) is 5.91 Å². The summed E-state index contributed by atoms with van der Waals surface area (Å²) < 4.78 is 5.03. The average Bonchev–Trinajstić information content (AvgIpc) is 3.04. The van der Waals surface area contributed by atoms with Crippen LogP contribution in [0, 0.1) is 0 Å². The van der Waals surface area contributed by atoms with Gasteiger partial charge >= 0.3 is 5.97 Å². The summed E-state index contributed by atoms with van der Waals surface area (Å²) in [5.74, 6) is -1.34. The third-order valence-corrected chi connectivity index (χ3v) is 3.95. The second kappa shape index (κ2) is 6.20. The topological polar surface area (TPSA) is 84.0 Å². The van der Waals surface area contributed by atoms with Crippen LogP contribution in [0.1, 0.15) is 33.6 Å². The van der Waals surface area contributed by atoms with E-state index in [1.807, 2.05) is 0 Å². The SMILES string of the molecule is O=C(CN1CCCC1=O)OCCN1C(=O)c2ccccc2C1=O. The summed E-state index contributed by atoms with van der Waals surface area (Å²) in [6, 6.07) is 6.59. The Morgan fingerprint density at radius 3 is 2.30 bits per heavy atom. The Balaban J connectivity index is 1.50. The van der Waals surface area contributed by atoms with Gasteiger partial charge in [0.05, 0.1) is 17.7 Å². The van der Waals surface area contributed by atoms with Gasteiger partial charge in [-0.3, -0.25) is 24.1 Å². The number of carbonyl (C=O) groups excluding carboxylic acids is 4. The monoisotopic (exact) mass is 316 g/mol. The van der Waals surface area contributed by atoms with E-state index in [2.05, 4.69) is 0 Å². The molecule has 1 aromatic carbocycles. The van der Waals surface area contributed by atoms with E-state index in [1.165, 1.54) is 4.90 Å². The first-order chi connectivity index (χ1) is 11.1. The summed E-state index contributed by atoms with van der Waals surface area (Å²) in [7, 11) is 0. The van der Waals surface area contributed by atoms with Gasteiger partial charge in [0.15, 0.2) is 0 Å². The standard InChI is InChI=1S/C16H16N2O5/c19-13-6-3-7-17(13)10-14(20)23-9-8-18-15(21)11-4-1-2-5-12(11)16(18)22/h1-2,4-5H,3,6-10H2. The van der Waals surface area contributed by atoms with Gasteiger partial charge in [0, 0.05) is 13.0 Å². The molecule has 0 bridgehead atoms. The number of benzene rings is 1. The number of likely N-dealkylation sites (tertiary alicyclic amines) is 1. The molecule has 2 aliphatic heterocycles. The molecule has 0 unspecified atom stereocenters. The summed E-state index contributed by atoms with van der Waals surface area (Å²) in [4.78, 5) is 49.9. The molecule has 1 aromatic rings. The van der Waals surface area contributed by atoms with Crippen molar-refractivity contribution < 1.29 is 23.9 Å². The van der Waals surface area contributed by atoms with Gasteiger partial charge in [-0.15, -0.1) is 0 Å². The van der Waals surface area contributed by atoms with Crippen LogP contribution in [0.15, 0.2) is 24.3 Å². The van der Waals surface area contributed by atoms with E-state index >= 15 is 0 Å². The van der Waals surface area contributed by atoms with Gasteiger partial charge < -0.3 is 9.64 Å². The zero-order chi connectivity index (χ0) is 16.4. The number of fused-ring (bicyclic) bond motifs is 1. The lowest BCUT2D eigenvalue weighted by atomic mass is 10.1. The zero-order valence-corrected chi connectivity index (χ0v) is 12.5. The minimum atomic E-state index is -0.531. The first-order valence-electron chi connectivity index (χ1n) is 7.46. The normalized spacial score (nSPS) is 17.0. The van der Waals surface area contributed by atoms with Crippen molar-refractivity contribution in [1.82, 2.24) is 9.80 Å². The quantitative estimate of drug-likeness (QED) is 0.582. The highest BCUT2D eigenvalue weighted by Gasteiger charge is 2.34. The van der Waals surface area contributed by atoms with Crippen molar-refractivity contribution in [2.75, 3.05) is 26.2 Å². The molecule has 0 N–H and O–H groups in total. The van der Waals surface area contributed by atoms with Crippen LogP contribution >= 0.6 is 0 Å². The first kappa shape index (κ1) is 15.2. The van der Waals surface area contributed by atoms with Crippen LogP contribution < -0.4 is 0 Å². The van der Waals surface area contributed by atoms with E-state index < -0.39 is 5.97 Å². The predicted octanol–water partition coefficient (Wildman–Crippen LogP) is 0.448. The van der Waals surface area contributed by atoms with E-state index in [0.717, 1.165) is 11.3 Å². The molecular formula is C16H16N2O5. The number of rotatable bonds is 5. The van der Waals surface area contributed by atoms with Gasteiger partial charge in [0.1, 0.15) is 13.2 Å². The molecule has 0 saturated carbocycles. The Morgan fingerprint density at radius 1 is 1.09 bits per heavy atom. The first-order valence-corrected chi connectivity index (χ1v) is 7.46. The molecule has 7 nitrogen and oxygen atoms in total. The van der Waals surface area contributed by atoms with Crippen molar-refractivity contribution in [3.05, 3.63) is 35.4 Å². The minimum Gasteiger partial charge on any atom is -0.462 e. The number of ether oxygens (including phenoxy) is 1. The molecule has 3 rings (SSSR count). The Hall–Kier alpha value is -2.70. The fourth-order valence-electron chi connectivity index (χ4n) is 2.77. The number of carbonyl (C=O) groups is 4. The second-order valence-corrected chi connectivity index (χ2v) is 5.45. The lowest BCUT2D eigenvalue weighted by Crippen LogP contribution is -2.35. The third kappa shape index (κ3) is 2.94. The molecule has 7 heteroatoms. The summed E-state index contributed by atoms with van der Waals surface area (Å²) in [5.41, 5.74) is 0.734. The van der Waals surface area contributed by atoms with Crippen LogP contribution in [-0.4, -0.2) is 59.7 Å². The molecule has 2 heterocycles. The molecule has 0 aromatic heterocycles. The molecule has 0 atom stereocenters. The largest absolute Gasteiger partial charge is 0.462 e. The highest BCUT2D eigenvalue weighted by molar-refractivity contribution is 6.21. The molecule has 0 aliphatic carbocycles. The molecule has 2 aliphatic rings. The van der Waals surface area contributed by atoms with Crippen molar-refractivity contribution >= 4 is 23.7 Å². The summed E-state index contributed by atoms with van der Waals surface area (Å²) in [5, 5.41) is 0. The van der Waals surface area contributed by atoms with Gasteiger partial charge in [0.25, 0.3) is 11.8 Å². The van der Waals surface area contributed by atoms with E-state index in [1.54, 1.807) is 24.3 Å². The molecule has 3 amide bonds. The Morgan fingerprint density at radius 2 is 1.74 bits per heavy atom. The van der Waals surface area contributed by atoms with Crippen molar-refractivity contribution in [2.24, 2.45) is 0 Å². The maximum atomic E-state index is 12.1. The number of amides is 3. The van der Waals surface area contributed by atoms with E-state index in [0.29, 0.717) is 24.1 Å². The lowest BCUT2D eigenvalue weighted by Gasteiger charge is -2.16. The predicted molar refractivity (Wildman–Crippen MR) is 78.6 cm³/mol. The van der Waals surface area contributed by atoms with E-state index in [4.69, 9.17) is 4.74 Å². The Labute approximate surface area is 132 Å². The molecule has 1 saturated heterocycles. The number of imide groups is 1. The Kier molecular flexibility index (Phi) is 4.10. The number of esters is 1. The smallest absolute Gasteiger partial charge is 0.325 e. The van der Waals surface area contributed by atoms with Crippen LogP contribution in [-0.2, 0) is 14.3 Å². The van der Waals surface area contributed by atoms with Crippen LogP contribution in [0.4, 0.5) is 0 Å². The summed E-state index contributed by atoms with van der Waals surface area (Å²) >= 11 is 0. The van der Waals surface area contributed by atoms with Crippen molar-refractivity contribution in [3.8, 4) is 0 Å². The highest BCUT2D eigenvalue weighted by atomic mass is 16.5. The number of hydrogen-bond donors (Lipinski definition) is 0. The zero-order valence-electron chi connectivity index (χ0n) is 12.5. The lowest BCUT2D eigenvalue weighted by molar-refractivity contribution is -0.148. The van der Waals surface area contributed by atoms with Crippen molar-refractivity contribution in [1.29, 1.82) is 0 Å². The number of hydrogen-bond acceptors (Lipinski definition) is 5. The molecule has 0 radical (unpaired) electrons. The van der Waals surface area contributed by atoms with Gasteiger partial charge in [-0.1, -0.05) is 12.1 Å². The van der Waals surface area contributed by atoms with Gasteiger partial charge in [-0.05, 0) is 18.6 Å². The van der Waals surface area contributed by atoms with Gasteiger partial charge in [-0.2, -0.15) is 0 Å². The number of nitrogens with zero attached hydrogens (tertiary/aromatic N) is 2. The maximum absolute atomic E-state index is 12.1. The van der Waals surface area contributed by atoms with Gasteiger partial charge in [-0.25, -0.2) is 0 Å². The average molecular weight is 316 g/mol. The summed E-state index contributed by atoms with van der Waals surface area (Å²) in [6.07, 6.45) is 1.21. The van der Waals surface area contributed by atoms with Crippen molar-refractivity contribution in [2.45, 2.75) is 12.8 Å². The highest BCUT2D eigenvalue weighted by Crippen LogP contribution is 2.21. The third-order valence-electron chi connectivity index (χ3n) is 3.95.